The zero-order valence-corrected chi connectivity index (χ0v) is 9.73. The van der Waals surface area contributed by atoms with E-state index in [4.69, 9.17) is 5.11 Å². The van der Waals surface area contributed by atoms with Gasteiger partial charge in [-0.15, -0.1) is 0 Å². The summed E-state index contributed by atoms with van der Waals surface area (Å²) >= 11 is 3.20. The Hall–Kier alpha value is -1.47. The van der Waals surface area contributed by atoms with E-state index in [1.54, 1.807) is 12.1 Å². The number of carboxylic acid groups (broad SMARTS) is 1. The number of nitro groups is 1. The van der Waals surface area contributed by atoms with Crippen molar-refractivity contribution in [1.82, 2.24) is 5.32 Å². The van der Waals surface area contributed by atoms with Crippen LogP contribution in [0.15, 0.2) is 22.7 Å². The van der Waals surface area contributed by atoms with E-state index in [1.165, 1.54) is 6.07 Å². The summed E-state index contributed by atoms with van der Waals surface area (Å²) in [7, 11) is 0. The van der Waals surface area contributed by atoms with Crippen LogP contribution < -0.4 is 5.32 Å². The molecule has 0 saturated carbocycles. The topological polar surface area (TPSA) is 92.5 Å². The van der Waals surface area contributed by atoms with Gasteiger partial charge in [-0.1, -0.05) is 15.9 Å². The summed E-state index contributed by atoms with van der Waals surface area (Å²) in [5, 5.41) is 21.7. The molecule has 0 heterocycles. The maximum Gasteiger partial charge on any atom is 0.317 e. The van der Waals surface area contributed by atoms with Crippen molar-refractivity contribution in [2.24, 2.45) is 0 Å². The van der Waals surface area contributed by atoms with Gasteiger partial charge < -0.3 is 10.4 Å². The van der Waals surface area contributed by atoms with Crippen LogP contribution in [-0.2, 0) is 11.3 Å². The van der Waals surface area contributed by atoms with Crippen molar-refractivity contribution in [3.8, 4) is 0 Å². The molecule has 0 aliphatic heterocycles. The number of benzene rings is 1. The van der Waals surface area contributed by atoms with Crippen LogP contribution >= 0.6 is 15.9 Å². The first-order valence-electron chi connectivity index (χ1n) is 4.36. The number of nitro benzene ring substituents is 1. The molecule has 0 saturated heterocycles. The summed E-state index contributed by atoms with van der Waals surface area (Å²) < 4.78 is 0.713. The molecular formula is C9H9BrN2O4. The minimum absolute atomic E-state index is 0.0268. The molecule has 1 rings (SSSR count). The molecule has 6 nitrogen and oxygen atoms in total. The zero-order chi connectivity index (χ0) is 12.1. The summed E-state index contributed by atoms with van der Waals surface area (Å²) in [6.07, 6.45) is 0. The largest absolute Gasteiger partial charge is 0.480 e. The quantitative estimate of drug-likeness (QED) is 0.633. The molecule has 7 heteroatoms. The van der Waals surface area contributed by atoms with Gasteiger partial charge in [-0.25, -0.2) is 0 Å². The summed E-state index contributed by atoms with van der Waals surface area (Å²) in [6.45, 7) is -0.0915. The number of hydrogen-bond acceptors (Lipinski definition) is 4. The van der Waals surface area contributed by atoms with Crippen molar-refractivity contribution in [2.75, 3.05) is 6.54 Å². The van der Waals surface area contributed by atoms with Gasteiger partial charge in [0, 0.05) is 22.6 Å². The molecule has 0 atom stereocenters. The molecule has 0 aromatic heterocycles. The maximum atomic E-state index is 10.7. The highest BCUT2D eigenvalue weighted by molar-refractivity contribution is 9.10. The highest BCUT2D eigenvalue weighted by Crippen LogP contribution is 2.22. The number of nitrogens with zero attached hydrogens (tertiary/aromatic N) is 1. The van der Waals surface area contributed by atoms with Crippen LogP contribution in [0, 0.1) is 10.1 Å². The van der Waals surface area contributed by atoms with E-state index in [0.29, 0.717) is 10.0 Å². The molecule has 0 spiro atoms. The molecule has 0 bridgehead atoms. The van der Waals surface area contributed by atoms with Crippen molar-refractivity contribution in [2.45, 2.75) is 6.54 Å². The zero-order valence-electron chi connectivity index (χ0n) is 8.14. The number of hydrogen-bond donors (Lipinski definition) is 2. The molecular weight excluding hydrogens is 280 g/mol. The monoisotopic (exact) mass is 288 g/mol. The minimum atomic E-state index is -1.00. The molecule has 0 amide bonds. The number of halogens is 1. The number of carbonyl (C=O) groups is 1. The Morgan fingerprint density at radius 3 is 2.81 bits per heavy atom. The van der Waals surface area contributed by atoms with Gasteiger partial charge in [-0.05, 0) is 12.1 Å². The first-order chi connectivity index (χ1) is 7.50. The summed E-state index contributed by atoms with van der Waals surface area (Å²) in [5.41, 5.74) is 0.418. The maximum absolute atomic E-state index is 10.7. The highest BCUT2D eigenvalue weighted by atomic mass is 79.9. The van der Waals surface area contributed by atoms with Gasteiger partial charge in [0.15, 0.2) is 0 Å². The fourth-order valence-electron chi connectivity index (χ4n) is 1.18. The third-order valence-corrected chi connectivity index (χ3v) is 2.32. The van der Waals surface area contributed by atoms with Crippen LogP contribution in [0.5, 0.6) is 0 Å². The molecule has 16 heavy (non-hydrogen) atoms. The minimum Gasteiger partial charge on any atom is -0.480 e. The number of nitrogens with one attached hydrogen (secondary N) is 1. The standard InChI is InChI=1S/C9H9BrN2O4/c10-7-1-2-8(12(15)16)6(3-7)4-11-5-9(13)14/h1-3,11H,4-5H2,(H,13,14). The molecule has 0 aliphatic rings. The lowest BCUT2D eigenvalue weighted by molar-refractivity contribution is -0.385. The molecule has 0 fully saturated rings. The van der Waals surface area contributed by atoms with E-state index in [9.17, 15) is 14.9 Å². The third-order valence-electron chi connectivity index (χ3n) is 1.83. The second-order valence-corrected chi connectivity index (χ2v) is 3.94. The average Bonchev–Trinajstić information content (AvgIpc) is 2.16. The van der Waals surface area contributed by atoms with Crippen LogP contribution in [0.25, 0.3) is 0 Å². The van der Waals surface area contributed by atoms with Crippen LogP contribution in [0.1, 0.15) is 5.56 Å². The SMILES string of the molecule is O=C(O)CNCc1cc(Br)ccc1[N+](=O)[O-]. The predicted octanol–water partition coefficient (Wildman–Crippen LogP) is 1.53. The Balaban J connectivity index is 2.80. The average molecular weight is 289 g/mol. The van der Waals surface area contributed by atoms with E-state index in [0.717, 1.165) is 0 Å². The smallest absolute Gasteiger partial charge is 0.317 e. The van der Waals surface area contributed by atoms with Gasteiger partial charge >= 0.3 is 5.97 Å². The molecule has 0 unspecified atom stereocenters. The summed E-state index contributed by atoms with van der Waals surface area (Å²) in [6, 6.07) is 4.54. The van der Waals surface area contributed by atoms with Gasteiger partial charge in [-0.2, -0.15) is 0 Å². The van der Waals surface area contributed by atoms with Crippen molar-refractivity contribution in [3.63, 3.8) is 0 Å². The van der Waals surface area contributed by atoms with Crippen molar-refractivity contribution >= 4 is 27.6 Å². The normalized spacial score (nSPS) is 10.1. The van der Waals surface area contributed by atoms with Crippen molar-refractivity contribution in [3.05, 3.63) is 38.3 Å². The van der Waals surface area contributed by atoms with E-state index in [-0.39, 0.29) is 18.8 Å². The molecule has 1 aromatic rings. The summed E-state index contributed by atoms with van der Waals surface area (Å²) in [4.78, 5) is 20.5. The lowest BCUT2D eigenvalue weighted by atomic mass is 10.2. The van der Waals surface area contributed by atoms with Gasteiger partial charge in [0.2, 0.25) is 0 Å². The van der Waals surface area contributed by atoms with Gasteiger partial charge in [-0.3, -0.25) is 14.9 Å². The van der Waals surface area contributed by atoms with Crippen molar-refractivity contribution in [1.29, 1.82) is 0 Å². The summed E-state index contributed by atoms with van der Waals surface area (Å²) in [5.74, 6) is -1.00. The lowest BCUT2D eigenvalue weighted by Crippen LogP contribution is -2.22. The number of aliphatic carboxylic acids is 1. The Morgan fingerprint density at radius 1 is 1.56 bits per heavy atom. The van der Waals surface area contributed by atoms with E-state index in [1.807, 2.05) is 0 Å². The number of carboxylic acids is 1. The Labute approximate surface area is 99.6 Å². The van der Waals surface area contributed by atoms with Crippen molar-refractivity contribution < 1.29 is 14.8 Å². The first-order valence-corrected chi connectivity index (χ1v) is 5.15. The molecule has 0 radical (unpaired) electrons. The van der Waals surface area contributed by atoms with Gasteiger partial charge in [0.1, 0.15) is 0 Å². The predicted molar refractivity (Wildman–Crippen MR) is 60.1 cm³/mol. The second kappa shape index (κ2) is 5.57. The van der Waals surface area contributed by atoms with E-state index < -0.39 is 10.9 Å². The second-order valence-electron chi connectivity index (χ2n) is 3.03. The van der Waals surface area contributed by atoms with Crippen LogP contribution in [-0.4, -0.2) is 22.5 Å². The fraction of sp³-hybridized carbons (Fsp3) is 0.222. The van der Waals surface area contributed by atoms with Crippen LogP contribution in [0.3, 0.4) is 0 Å². The van der Waals surface area contributed by atoms with E-state index in [2.05, 4.69) is 21.2 Å². The molecule has 2 N–H and O–H groups in total. The molecule has 86 valence electrons. The fourth-order valence-corrected chi connectivity index (χ4v) is 1.59. The molecule has 1 aromatic carbocycles. The van der Waals surface area contributed by atoms with Gasteiger partial charge in [0.05, 0.1) is 11.5 Å². The van der Waals surface area contributed by atoms with Crippen LogP contribution in [0.4, 0.5) is 5.69 Å². The Kier molecular flexibility index (Phi) is 4.39. The van der Waals surface area contributed by atoms with Crippen LogP contribution in [0.2, 0.25) is 0 Å². The first kappa shape index (κ1) is 12.6. The van der Waals surface area contributed by atoms with E-state index >= 15 is 0 Å². The Bertz CT molecular complexity index is 422. The highest BCUT2D eigenvalue weighted by Gasteiger charge is 2.13. The van der Waals surface area contributed by atoms with Gasteiger partial charge in [0.25, 0.3) is 5.69 Å². The third kappa shape index (κ3) is 3.59. The Morgan fingerprint density at radius 2 is 2.25 bits per heavy atom. The lowest BCUT2D eigenvalue weighted by Gasteiger charge is -2.04. The number of rotatable bonds is 5. The molecule has 0 aliphatic carbocycles.